The maximum atomic E-state index is 12.7. The number of halogens is 1. The number of anilines is 1. The zero-order valence-corrected chi connectivity index (χ0v) is 17.4. The molecule has 0 radical (unpaired) electrons. The van der Waals surface area contributed by atoms with Gasteiger partial charge in [-0.1, -0.05) is 17.7 Å². The number of aryl methyl sites for hydroxylation is 1. The fourth-order valence-corrected chi connectivity index (χ4v) is 3.41. The van der Waals surface area contributed by atoms with E-state index < -0.39 is 0 Å². The molecule has 2 aromatic heterocycles. The zero-order valence-electron chi connectivity index (χ0n) is 16.6. The van der Waals surface area contributed by atoms with Gasteiger partial charge >= 0.3 is 0 Å². The first-order chi connectivity index (χ1) is 14.5. The van der Waals surface area contributed by atoms with E-state index in [1.807, 2.05) is 35.0 Å². The van der Waals surface area contributed by atoms with Crippen molar-refractivity contribution >= 4 is 34.1 Å². The van der Waals surface area contributed by atoms with Crippen molar-refractivity contribution in [3.05, 3.63) is 53.5 Å². The Morgan fingerprint density at radius 3 is 2.63 bits per heavy atom. The topological polar surface area (TPSA) is 91.4 Å². The van der Waals surface area contributed by atoms with E-state index in [2.05, 4.69) is 15.5 Å². The smallest absolute Gasteiger partial charge is 0.247 e. The molecular formula is C21H19ClN4O4. The van der Waals surface area contributed by atoms with Crippen LogP contribution in [-0.4, -0.2) is 34.9 Å². The van der Waals surface area contributed by atoms with Gasteiger partial charge in [-0.3, -0.25) is 4.79 Å². The van der Waals surface area contributed by atoms with Gasteiger partial charge < -0.3 is 23.8 Å². The number of hydrogen-bond donors (Lipinski definition) is 1. The zero-order chi connectivity index (χ0) is 21.3. The van der Waals surface area contributed by atoms with Gasteiger partial charge in [0.1, 0.15) is 18.0 Å². The van der Waals surface area contributed by atoms with Crippen LogP contribution in [0.25, 0.3) is 22.4 Å². The van der Waals surface area contributed by atoms with Gasteiger partial charge in [-0.25, -0.2) is 0 Å². The maximum absolute atomic E-state index is 12.7. The Labute approximate surface area is 177 Å². The summed E-state index contributed by atoms with van der Waals surface area (Å²) in [6.07, 6.45) is 1.85. The molecule has 8 nitrogen and oxygen atoms in total. The first-order valence-electron chi connectivity index (χ1n) is 9.09. The van der Waals surface area contributed by atoms with Crippen molar-refractivity contribution in [2.45, 2.75) is 13.5 Å². The Morgan fingerprint density at radius 1 is 1.13 bits per heavy atom. The van der Waals surface area contributed by atoms with Crippen LogP contribution in [0, 0.1) is 6.92 Å². The predicted octanol–water partition coefficient (Wildman–Crippen LogP) is 4.31. The Hall–Kier alpha value is -3.52. The van der Waals surface area contributed by atoms with E-state index in [4.69, 9.17) is 25.5 Å². The standard InChI is InChI=1S/C21H19ClN4O4/c1-12-24-25-21(30-12)14-5-4-13-6-7-26(17(13)8-14)11-20(27)23-16-9-15(22)18(28-2)10-19(16)29-3/h4-10H,11H2,1-3H3,(H,23,27). The Balaban J connectivity index is 1.58. The number of nitrogens with one attached hydrogen (secondary N) is 1. The quantitative estimate of drug-likeness (QED) is 0.494. The number of ether oxygens (including phenoxy) is 2. The normalized spacial score (nSPS) is 10.9. The fourth-order valence-electron chi connectivity index (χ4n) is 3.17. The summed E-state index contributed by atoms with van der Waals surface area (Å²) in [5, 5.41) is 12.1. The minimum atomic E-state index is -0.230. The molecule has 0 fully saturated rings. The number of amides is 1. The molecule has 0 aliphatic rings. The van der Waals surface area contributed by atoms with Gasteiger partial charge in [0.25, 0.3) is 0 Å². The average molecular weight is 427 g/mol. The third-order valence-electron chi connectivity index (χ3n) is 4.61. The van der Waals surface area contributed by atoms with E-state index in [-0.39, 0.29) is 12.5 Å². The third kappa shape index (κ3) is 3.81. The van der Waals surface area contributed by atoms with Crippen molar-refractivity contribution in [1.29, 1.82) is 0 Å². The van der Waals surface area contributed by atoms with Crippen LogP contribution in [0.2, 0.25) is 5.02 Å². The number of benzene rings is 2. The van der Waals surface area contributed by atoms with Crippen LogP contribution in [0.1, 0.15) is 5.89 Å². The van der Waals surface area contributed by atoms with E-state index in [1.165, 1.54) is 14.2 Å². The minimum absolute atomic E-state index is 0.0998. The number of nitrogens with zero attached hydrogens (tertiary/aromatic N) is 3. The van der Waals surface area contributed by atoms with E-state index in [0.29, 0.717) is 34.0 Å². The van der Waals surface area contributed by atoms with Crippen molar-refractivity contribution in [1.82, 2.24) is 14.8 Å². The van der Waals surface area contributed by atoms with Crippen LogP contribution >= 0.6 is 11.6 Å². The second-order valence-electron chi connectivity index (χ2n) is 6.58. The van der Waals surface area contributed by atoms with Gasteiger partial charge in [0, 0.05) is 30.3 Å². The van der Waals surface area contributed by atoms with Crippen LogP contribution in [-0.2, 0) is 11.3 Å². The number of aromatic nitrogens is 3. The van der Waals surface area contributed by atoms with Crippen molar-refractivity contribution in [3.8, 4) is 23.0 Å². The predicted molar refractivity (Wildman–Crippen MR) is 113 cm³/mol. The second-order valence-corrected chi connectivity index (χ2v) is 6.99. The molecule has 0 aliphatic carbocycles. The number of carbonyl (C=O) groups is 1. The molecule has 0 saturated heterocycles. The van der Waals surface area contributed by atoms with Crippen LogP contribution in [0.4, 0.5) is 5.69 Å². The van der Waals surface area contributed by atoms with E-state index in [0.717, 1.165) is 16.5 Å². The molecule has 30 heavy (non-hydrogen) atoms. The van der Waals surface area contributed by atoms with Gasteiger partial charge in [-0.15, -0.1) is 10.2 Å². The lowest BCUT2D eigenvalue weighted by Crippen LogP contribution is -2.18. The number of methoxy groups -OCH3 is 2. The van der Waals surface area contributed by atoms with Gasteiger partial charge in [0.05, 0.1) is 24.9 Å². The summed E-state index contributed by atoms with van der Waals surface area (Å²) in [5.74, 6) is 1.62. The molecule has 2 aromatic carbocycles. The molecule has 0 saturated carbocycles. The van der Waals surface area contributed by atoms with Gasteiger partial charge in [0.15, 0.2) is 0 Å². The largest absolute Gasteiger partial charge is 0.495 e. The second kappa shape index (κ2) is 8.08. The van der Waals surface area contributed by atoms with E-state index >= 15 is 0 Å². The molecule has 0 bridgehead atoms. The summed E-state index contributed by atoms with van der Waals surface area (Å²) in [5.41, 5.74) is 2.12. The molecule has 1 N–H and O–H groups in total. The molecule has 4 aromatic rings. The highest BCUT2D eigenvalue weighted by atomic mass is 35.5. The highest BCUT2D eigenvalue weighted by molar-refractivity contribution is 6.32. The molecule has 2 heterocycles. The summed E-state index contributed by atoms with van der Waals surface area (Å²) in [4.78, 5) is 12.7. The Bertz CT molecular complexity index is 1230. The van der Waals surface area contributed by atoms with Crippen LogP contribution in [0.5, 0.6) is 11.5 Å². The van der Waals surface area contributed by atoms with Crippen LogP contribution < -0.4 is 14.8 Å². The van der Waals surface area contributed by atoms with Gasteiger partial charge in [-0.2, -0.15) is 0 Å². The summed E-state index contributed by atoms with van der Waals surface area (Å²) in [6, 6.07) is 10.9. The number of rotatable bonds is 6. The lowest BCUT2D eigenvalue weighted by molar-refractivity contribution is -0.116. The molecular weight excluding hydrogens is 408 g/mol. The molecule has 1 amide bonds. The molecule has 0 unspecified atom stereocenters. The highest BCUT2D eigenvalue weighted by Crippen LogP contribution is 2.36. The van der Waals surface area contributed by atoms with Gasteiger partial charge in [0.2, 0.25) is 17.7 Å². The van der Waals surface area contributed by atoms with Crippen LogP contribution in [0.3, 0.4) is 0 Å². The number of carbonyl (C=O) groups excluding carboxylic acids is 1. The van der Waals surface area contributed by atoms with E-state index in [9.17, 15) is 4.79 Å². The highest BCUT2D eigenvalue weighted by Gasteiger charge is 2.14. The minimum Gasteiger partial charge on any atom is -0.495 e. The molecule has 0 spiro atoms. The van der Waals surface area contributed by atoms with Crippen molar-refractivity contribution in [2.24, 2.45) is 0 Å². The molecule has 9 heteroatoms. The molecule has 4 rings (SSSR count). The first-order valence-corrected chi connectivity index (χ1v) is 9.47. The fraction of sp³-hybridized carbons (Fsp3) is 0.190. The average Bonchev–Trinajstić information content (AvgIpc) is 3.34. The lowest BCUT2D eigenvalue weighted by Gasteiger charge is -2.13. The first kappa shape index (κ1) is 19.8. The third-order valence-corrected chi connectivity index (χ3v) is 4.90. The molecule has 0 atom stereocenters. The van der Waals surface area contributed by atoms with Crippen molar-refractivity contribution < 1.29 is 18.7 Å². The number of fused-ring (bicyclic) bond motifs is 1. The molecule has 0 aliphatic heterocycles. The van der Waals surface area contributed by atoms with Crippen LogP contribution in [0.15, 0.2) is 47.0 Å². The maximum Gasteiger partial charge on any atom is 0.247 e. The van der Waals surface area contributed by atoms with E-state index in [1.54, 1.807) is 19.1 Å². The van der Waals surface area contributed by atoms with Gasteiger partial charge in [-0.05, 0) is 29.7 Å². The van der Waals surface area contributed by atoms with Crippen molar-refractivity contribution in [2.75, 3.05) is 19.5 Å². The van der Waals surface area contributed by atoms with Crippen molar-refractivity contribution in [3.63, 3.8) is 0 Å². The number of hydrogen-bond acceptors (Lipinski definition) is 6. The summed E-state index contributed by atoms with van der Waals surface area (Å²) in [6.45, 7) is 1.84. The Kier molecular flexibility index (Phi) is 5.33. The summed E-state index contributed by atoms with van der Waals surface area (Å²) < 4.78 is 17.9. The monoisotopic (exact) mass is 426 g/mol. The molecule has 154 valence electrons. The SMILES string of the molecule is COc1cc(OC)c(NC(=O)Cn2ccc3ccc(-c4nnc(C)o4)cc32)cc1Cl. The lowest BCUT2D eigenvalue weighted by atomic mass is 10.1. The Morgan fingerprint density at radius 2 is 1.93 bits per heavy atom. The summed E-state index contributed by atoms with van der Waals surface area (Å²) in [7, 11) is 3.03. The summed E-state index contributed by atoms with van der Waals surface area (Å²) >= 11 is 6.18.